The van der Waals surface area contributed by atoms with Gasteiger partial charge < -0.3 is 16.0 Å². The molecule has 1 saturated heterocycles. The Hall–Kier alpha value is -2.18. The zero-order valence-corrected chi connectivity index (χ0v) is 10.7. The molecule has 0 saturated carbocycles. The van der Waals surface area contributed by atoms with Crippen LogP contribution in [0.3, 0.4) is 0 Å². The van der Waals surface area contributed by atoms with Gasteiger partial charge >= 0.3 is 0 Å². The van der Waals surface area contributed by atoms with Crippen LogP contribution in [0.25, 0.3) is 0 Å². The molecule has 1 aliphatic heterocycles. The van der Waals surface area contributed by atoms with Gasteiger partial charge in [0.1, 0.15) is 6.04 Å². The highest BCUT2D eigenvalue weighted by molar-refractivity contribution is 5.89. The van der Waals surface area contributed by atoms with Gasteiger partial charge in [-0.05, 0) is 25.0 Å². The van der Waals surface area contributed by atoms with Crippen molar-refractivity contribution in [3.8, 4) is 0 Å². The number of hydrogen-bond donors (Lipinski definition) is 2. The minimum absolute atomic E-state index is 0.102. The number of rotatable bonds is 4. The number of benzene rings is 1. The summed E-state index contributed by atoms with van der Waals surface area (Å²) in [5.41, 5.74) is 5.52. The van der Waals surface area contributed by atoms with Crippen LogP contribution in [0.1, 0.15) is 12.8 Å². The third-order valence-corrected chi connectivity index (χ3v) is 3.26. The Kier molecular flexibility index (Phi) is 4.16. The molecule has 1 fully saturated rings. The summed E-state index contributed by atoms with van der Waals surface area (Å²) in [5.74, 6) is -2.76. The van der Waals surface area contributed by atoms with Crippen molar-refractivity contribution >= 4 is 17.5 Å². The number of primary amides is 1. The molecule has 2 rings (SSSR count). The number of halogens is 2. The third-order valence-electron chi connectivity index (χ3n) is 3.26. The zero-order chi connectivity index (χ0) is 14.7. The quantitative estimate of drug-likeness (QED) is 0.860. The first-order valence-corrected chi connectivity index (χ1v) is 6.26. The number of nitrogens with two attached hydrogens (primary N) is 1. The normalized spacial score (nSPS) is 18.1. The lowest BCUT2D eigenvalue weighted by Gasteiger charge is -2.22. The van der Waals surface area contributed by atoms with Crippen molar-refractivity contribution in [3.05, 3.63) is 29.8 Å². The van der Waals surface area contributed by atoms with Crippen LogP contribution in [-0.4, -0.2) is 35.8 Å². The molecule has 1 heterocycles. The second kappa shape index (κ2) is 5.85. The molecular weight excluding hydrogens is 268 g/mol. The van der Waals surface area contributed by atoms with Gasteiger partial charge in [-0.3, -0.25) is 9.59 Å². The van der Waals surface area contributed by atoms with E-state index in [1.165, 1.54) is 11.0 Å². The van der Waals surface area contributed by atoms with E-state index in [1.54, 1.807) is 0 Å². The van der Waals surface area contributed by atoms with Crippen LogP contribution in [-0.2, 0) is 9.59 Å². The van der Waals surface area contributed by atoms with E-state index < -0.39 is 23.6 Å². The lowest BCUT2D eigenvalue weighted by molar-refractivity contribution is -0.135. The number of amides is 2. The zero-order valence-electron chi connectivity index (χ0n) is 10.7. The molecule has 1 aliphatic rings. The van der Waals surface area contributed by atoms with E-state index in [1.807, 2.05) is 0 Å². The van der Waals surface area contributed by atoms with E-state index in [0.717, 1.165) is 18.6 Å². The van der Waals surface area contributed by atoms with Crippen molar-refractivity contribution in [2.75, 3.05) is 18.4 Å². The molecule has 1 unspecified atom stereocenters. The predicted molar refractivity (Wildman–Crippen MR) is 68.8 cm³/mol. The van der Waals surface area contributed by atoms with Crippen LogP contribution in [0.5, 0.6) is 0 Å². The van der Waals surface area contributed by atoms with Gasteiger partial charge in [0.15, 0.2) is 11.6 Å². The van der Waals surface area contributed by atoms with Crippen LogP contribution in [0.15, 0.2) is 18.2 Å². The first-order valence-electron chi connectivity index (χ1n) is 6.26. The molecule has 5 nitrogen and oxygen atoms in total. The van der Waals surface area contributed by atoms with Crippen molar-refractivity contribution in [2.45, 2.75) is 18.9 Å². The van der Waals surface area contributed by atoms with Crippen LogP contribution in [0.4, 0.5) is 14.5 Å². The lowest BCUT2D eigenvalue weighted by atomic mass is 10.2. The van der Waals surface area contributed by atoms with Gasteiger partial charge in [-0.2, -0.15) is 0 Å². The number of carbonyl (C=O) groups excluding carboxylic acids is 2. The van der Waals surface area contributed by atoms with E-state index >= 15 is 0 Å². The molecule has 0 aromatic heterocycles. The largest absolute Gasteiger partial charge is 0.376 e. The molecule has 108 valence electrons. The van der Waals surface area contributed by atoms with E-state index in [4.69, 9.17) is 5.73 Å². The average Bonchev–Trinajstić information content (AvgIpc) is 2.89. The van der Waals surface area contributed by atoms with Gasteiger partial charge in [0, 0.05) is 18.3 Å². The summed E-state index contributed by atoms with van der Waals surface area (Å²) in [4.78, 5) is 24.6. The van der Waals surface area contributed by atoms with E-state index in [0.29, 0.717) is 18.7 Å². The molecule has 2 amide bonds. The Morgan fingerprint density at radius 1 is 1.35 bits per heavy atom. The summed E-state index contributed by atoms with van der Waals surface area (Å²) >= 11 is 0. The number of hydrogen-bond acceptors (Lipinski definition) is 3. The van der Waals surface area contributed by atoms with Crippen LogP contribution in [0, 0.1) is 11.6 Å². The summed E-state index contributed by atoms with van der Waals surface area (Å²) in [7, 11) is 0. The molecule has 1 atom stereocenters. The van der Waals surface area contributed by atoms with Gasteiger partial charge in [0.2, 0.25) is 11.8 Å². The van der Waals surface area contributed by atoms with Crippen molar-refractivity contribution in [1.82, 2.24) is 4.90 Å². The minimum Gasteiger partial charge on any atom is -0.376 e. The molecule has 0 aliphatic carbocycles. The molecule has 20 heavy (non-hydrogen) atoms. The standard InChI is InChI=1S/C13H15F2N3O2/c14-9-4-3-8(6-10(9)15)17-7-12(19)18-5-1-2-11(18)13(16)20/h3-4,6,11,17H,1-2,5,7H2,(H2,16,20). The van der Waals surface area contributed by atoms with Crippen molar-refractivity contribution in [3.63, 3.8) is 0 Å². The van der Waals surface area contributed by atoms with Gasteiger partial charge in [-0.15, -0.1) is 0 Å². The fourth-order valence-corrected chi connectivity index (χ4v) is 2.25. The smallest absolute Gasteiger partial charge is 0.242 e. The molecule has 0 bridgehead atoms. The van der Waals surface area contributed by atoms with Crippen molar-refractivity contribution in [1.29, 1.82) is 0 Å². The van der Waals surface area contributed by atoms with Gasteiger partial charge in [0.25, 0.3) is 0 Å². The number of anilines is 1. The number of likely N-dealkylation sites (tertiary alicyclic amines) is 1. The molecule has 0 radical (unpaired) electrons. The molecule has 0 spiro atoms. The summed E-state index contributed by atoms with van der Waals surface area (Å²) < 4.78 is 25.8. The Balaban J connectivity index is 1.94. The second-order valence-electron chi connectivity index (χ2n) is 4.63. The molecule has 1 aromatic carbocycles. The molecule has 7 heteroatoms. The maximum atomic E-state index is 13.0. The van der Waals surface area contributed by atoms with Crippen molar-refractivity contribution in [2.24, 2.45) is 5.73 Å². The maximum absolute atomic E-state index is 13.0. The Morgan fingerprint density at radius 2 is 2.10 bits per heavy atom. The summed E-state index contributed by atoms with van der Waals surface area (Å²) in [5, 5.41) is 2.70. The summed E-state index contributed by atoms with van der Waals surface area (Å²) in [6.07, 6.45) is 1.29. The first-order chi connectivity index (χ1) is 9.49. The number of nitrogens with one attached hydrogen (secondary N) is 1. The van der Waals surface area contributed by atoms with Crippen LogP contribution < -0.4 is 11.1 Å². The van der Waals surface area contributed by atoms with Gasteiger partial charge in [-0.1, -0.05) is 0 Å². The van der Waals surface area contributed by atoms with E-state index in [2.05, 4.69) is 5.32 Å². The molecule has 3 N–H and O–H groups in total. The van der Waals surface area contributed by atoms with E-state index in [9.17, 15) is 18.4 Å². The summed E-state index contributed by atoms with van der Waals surface area (Å²) in [6, 6.07) is 2.71. The Morgan fingerprint density at radius 3 is 2.75 bits per heavy atom. The second-order valence-corrected chi connectivity index (χ2v) is 4.63. The third kappa shape index (κ3) is 3.04. The summed E-state index contributed by atoms with van der Waals surface area (Å²) in [6.45, 7) is 0.376. The highest BCUT2D eigenvalue weighted by Gasteiger charge is 2.32. The maximum Gasteiger partial charge on any atom is 0.242 e. The highest BCUT2D eigenvalue weighted by atomic mass is 19.2. The Labute approximate surface area is 114 Å². The van der Waals surface area contributed by atoms with Gasteiger partial charge in [-0.25, -0.2) is 8.78 Å². The van der Waals surface area contributed by atoms with Crippen LogP contribution >= 0.6 is 0 Å². The Bertz CT molecular complexity index is 536. The molecule has 1 aromatic rings. The fraction of sp³-hybridized carbons (Fsp3) is 0.385. The number of nitrogens with zero attached hydrogens (tertiary/aromatic N) is 1. The monoisotopic (exact) mass is 283 g/mol. The topological polar surface area (TPSA) is 75.4 Å². The fourth-order valence-electron chi connectivity index (χ4n) is 2.25. The van der Waals surface area contributed by atoms with Crippen molar-refractivity contribution < 1.29 is 18.4 Å². The highest BCUT2D eigenvalue weighted by Crippen LogP contribution is 2.17. The minimum atomic E-state index is -0.987. The predicted octanol–water partition coefficient (Wildman–Crippen LogP) is 0.853. The lowest BCUT2D eigenvalue weighted by Crippen LogP contribution is -2.45. The average molecular weight is 283 g/mol. The SMILES string of the molecule is NC(=O)C1CCCN1C(=O)CNc1ccc(F)c(F)c1. The van der Waals surface area contributed by atoms with Crippen LogP contribution in [0.2, 0.25) is 0 Å². The first kappa shape index (κ1) is 14.2. The number of carbonyl (C=O) groups is 2. The van der Waals surface area contributed by atoms with E-state index in [-0.39, 0.29) is 12.5 Å². The van der Waals surface area contributed by atoms with Gasteiger partial charge in [0.05, 0.1) is 6.54 Å². The molecular formula is C13H15F2N3O2.